The van der Waals surface area contributed by atoms with Crippen LogP contribution >= 0.6 is 0 Å². The highest BCUT2D eigenvalue weighted by atomic mass is 28.4. The van der Waals surface area contributed by atoms with Crippen molar-refractivity contribution in [2.24, 2.45) is 5.73 Å². The fourth-order valence-corrected chi connectivity index (χ4v) is 8.59. The van der Waals surface area contributed by atoms with Crippen LogP contribution in [0.4, 0.5) is 0 Å². The molecule has 0 heterocycles. The van der Waals surface area contributed by atoms with Gasteiger partial charge in [0.05, 0.1) is 6.61 Å². The fraction of sp³-hybridized carbons (Fsp3) is 0.280. The Balaban J connectivity index is 1.94. The normalized spacial score (nSPS) is 13.3. The van der Waals surface area contributed by atoms with Crippen LogP contribution in [0.1, 0.15) is 26.3 Å². The van der Waals surface area contributed by atoms with Crippen molar-refractivity contribution < 1.29 is 4.43 Å². The summed E-state index contributed by atoms with van der Waals surface area (Å²) in [6.45, 7) is 7.42. The lowest BCUT2D eigenvalue weighted by atomic mass is 10.1. The summed E-state index contributed by atoms with van der Waals surface area (Å²) in [5, 5.41) is 2.56. The highest BCUT2D eigenvalue weighted by Gasteiger charge is 2.50. The number of nitrogens with two attached hydrogens (primary N) is 1. The van der Waals surface area contributed by atoms with Crippen LogP contribution in [0.5, 0.6) is 0 Å². The van der Waals surface area contributed by atoms with Crippen molar-refractivity contribution in [3.05, 3.63) is 96.6 Å². The van der Waals surface area contributed by atoms with E-state index in [2.05, 4.69) is 106 Å². The van der Waals surface area contributed by atoms with Gasteiger partial charge in [0, 0.05) is 6.04 Å². The molecule has 0 radical (unpaired) electrons. The molecule has 0 spiro atoms. The average Bonchev–Trinajstić information content (AvgIpc) is 2.70. The van der Waals surface area contributed by atoms with Crippen LogP contribution in [0.15, 0.2) is 91.0 Å². The van der Waals surface area contributed by atoms with E-state index in [1.807, 2.05) is 6.07 Å². The van der Waals surface area contributed by atoms with Crippen molar-refractivity contribution in [3.8, 4) is 0 Å². The zero-order chi connectivity index (χ0) is 20.0. The Labute approximate surface area is 170 Å². The van der Waals surface area contributed by atoms with E-state index < -0.39 is 8.32 Å². The molecule has 0 unspecified atom stereocenters. The Bertz CT molecular complexity index is 804. The number of hydrogen-bond donors (Lipinski definition) is 1. The maximum absolute atomic E-state index is 6.91. The first-order valence-electron chi connectivity index (χ1n) is 9.98. The van der Waals surface area contributed by atoms with Gasteiger partial charge in [0.25, 0.3) is 8.32 Å². The lowest BCUT2D eigenvalue weighted by Gasteiger charge is -2.43. The lowest BCUT2D eigenvalue weighted by molar-refractivity contribution is 0.271. The summed E-state index contributed by atoms with van der Waals surface area (Å²) in [6, 6.07) is 31.8. The van der Waals surface area contributed by atoms with E-state index in [4.69, 9.17) is 10.2 Å². The summed E-state index contributed by atoms with van der Waals surface area (Å²) in [7, 11) is -2.51. The van der Waals surface area contributed by atoms with Crippen LogP contribution in [0.2, 0.25) is 5.04 Å². The second-order valence-electron chi connectivity index (χ2n) is 8.42. The van der Waals surface area contributed by atoms with Gasteiger partial charge in [-0.3, -0.25) is 0 Å². The van der Waals surface area contributed by atoms with Gasteiger partial charge < -0.3 is 10.2 Å². The van der Waals surface area contributed by atoms with Crippen molar-refractivity contribution in [3.63, 3.8) is 0 Å². The van der Waals surface area contributed by atoms with E-state index in [-0.39, 0.29) is 11.1 Å². The van der Waals surface area contributed by atoms with E-state index in [1.165, 1.54) is 15.9 Å². The van der Waals surface area contributed by atoms with Crippen molar-refractivity contribution in [2.75, 3.05) is 6.61 Å². The van der Waals surface area contributed by atoms with Gasteiger partial charge in [-0.2, -0.15) is 0 Å². The summed E-state index contributed by atoms with van der Waals surface area (Å²) in [6.07, 6.45) is 0.818. The van der Waals surface area contributed by atoms with Crippen LogP contribution in [0.25, 0.3) is 0 Å². The second kappa shape index (κ2) is 8.87. The van der Waals surface area contributed by atoms with Crippen LogP contribution in [0.3, 0.4) is 0 Å². The molecule has 3 rings (SSSR count). The molecule has 1 atom stereocenters. The van der Waals surface area contributed by atoms with Crippen molar-refractivity contribution >= 4 is 18.7 Å². The van der Waals surface area contributed by atoms with Gasteiger partial charge in [-0.25, -0.2) is 0 Å². The largest absolute Gasteiger partial charge is 0.406 e. The number of benzene rings is 3. The van der Waals surface area contributed by atoms with Gasteiger partial charge in [0.2, 0.25) is 0 Å². The molecule has 2 nitrogen and oxygen atoms in total. The molecular formula is C25H31NOSi. The summed E-state index contributed by atoms with van der Waals surface area (Å²) >= 11 is 0. The molecule has 0 saturated heterocycles. The molecule has 0 aliphatic rings. The minimum absolute atomic E-state index is 0.0256. The molecule has 0 aliphatic heterocycles. The standard InChI is InChI=1S/C25H31NOSi/c1-25(2,3)28(23-15-9-5-10-16-23,24-17-11-6-12-18-24)27-20-22(26)19-21-13-7-4-8-14-21/h4-18,22H,19-20,26H2,1-3H3/t22-/m1/s1. The molecule has 2 N–H and O–H groups in total. The predicted octanol–water partition coefficient (Wildman–Crippen LogP) is 4.13. The first kappa shape index (κ1) is 20.5. The highest BCUT2D eigenvalue weighted by molar-refractivity contribution is 6.99. The highest BCUT2D eigenvalue weighted by Crippen LogP contribution is 2.36. The molecular weight excluding hydrogens is 358 g/mol. The molecule has 0 bridgehead atoms. The molecule has 0 saturated carbocycles. The Kier molecular flexibility index (Phi) is 6.50. The van der Waals surface area contributed by atoms with Gasteiger partial charge in [0.1, 0.15) is 0 Å². The SMILES string of the molecule is CC(C)(C)[Si](OC[C@H](N)Cc1ccccc1)(c1ccccc1)c1ccccc1. The van der Waals surface area contributed by atoms with Crippen LogP contribution in [-0.2, 0) is 10.8 Å². The zero-order valence-corrected chi connectivity index (χ0v) is 18.1. The summed E-state index contributed by atoms with van der Waals surface area (Å²) in [5.74, 6) is 0. The van der Waals surface area contributed by atoms with Crippen molar-refractivity contribution in [1.29, 1.82) is 0 Å². The molecule has 3 aromatic carbocycles. The summed E-state index contributed by atoms with van der Waals surface area (Å²) in [4.78, 5) is 0. The van der Waals surface area contributed by atoms with Crippen LogP contribution in [0, 0.1) is 0 Å². The number of rotatable bonds is 7. The maximum atomic E-state index is 6.91. The molecule has 146 valence electrons. The van der Waals surface area contributed by atoms with E-state index >= 15 is 0 Å². The Morgan fingerprint density at radius 2 is 1.18 bits per heavy atom. The molecule has 0 aliphatic carbocycles. The van der Waals surface area contributed by atoms with E-state index in [0.717, 1.165) is 6.42 Å². The van der Waals surface area contributed by atoms with E-state index in [1.54, 1.807) is 0 Å². The lowest BCUT2D eigenvalue weighted by Crippen LogP contribution is -2.67. The third kappa shape index (κ3) is 4.44. The molecule has 0 fully saturated rings. The summed E-state index contributed by atoms with van der Waals surface area (Å²) in [5.41, 5.74) is 7.76. The Morgan fingerprint density at radius 3 is 1.61 bits per heavy atom. The second-order valence-corrected chi connectivity index (χ2v) is 12.7. The molecule has 3 aromatic rings. The van der Waals surface area contributed by atoms with Crippen LogP contribution in [-0.4, -0.2) is 21.0 Å². The molecule has 3 heteroatoms. The van der Waals surface area contributed by atoms with Gasteiger partial charge in [-0.15, -0.1) is 0 Å². The quantitative estimate of drug-likeness (QED) is 0.617. The topological polar surface area (TPSA) is 35.2 Å². The molecule has 28 heavy (non-hydrogen) atoms. The minimum Gasteiger partial charge on any atom is -0.406 e. The van der Waals surface area contributed by atoms with Gasteiger partial charge in [-0.1, -0.05) is 112 Å². The van der Waals surface area contributed by atoms with E-state index in [9.17, 15) is 0 Å². The average molecular weight is 390 g/mol. The third-order valence-electron chi connectivity index (χ3n) is 5.27. The van der Waals surface area contributed by atoms with Crippen molar-refractivity contribution in [2.45, 2.75) is 38.3 Å². The Hall–Kier alpha value is -2.20. The molecule has 0 amide bonds. The number of hydrogen-bond acceptors (Lipinski definition) is 2. The first-order valence-corrected chi connectivity index (χ1v) is 11.9. The van der Waals surface area contributed by atoms with Crippen molar-refractivity contribution in [1.82, 2.24) is 0 Å². The first-order chi connectivity index (χ1) is 13.4. The van der Waals surface area contributed by atoms with Gasteiger partial charge in [-0.05, 0) is 27.4 Å². The third-order valence-corrected chi connectivity index (χ3v) is 10.3. The van der Waals surface area contributed by atoms with Crippen LogP contribution < -0.4 is 16.1 Å². The predicted molar refractivity (Wildman–Crippen MR) is 122 cm³/mol. The van der Waals surface area contributed by atoms with Gasteiger partial charge >= 0.3 is 0 Å². The summed E-state index contributed by atoms with van der Waals surface area (Å²) < 4.78 is 6.91. The monoisotopic (exact) mass is 389 g/mol. The molecule has 0 aromatic heterocycles. The smallest absolute Gasteiger partial charge is 0.261 e. The fourth-order valence-electron chi connectivity index (χ4n) is 3.97. The zero-order valence-electron chi connectivity index (χ0n) is 17.1. The minimum atomic E-state index is -2.51. The Morgan fingerprint density at radius 1 is 0.750 bits per heavy atom. The maximum Gasteiger partial charge on any atom is 0.261 e. The van der Waals surface area contributed by atoms with E-state index in [0.29, 0.717) is 6.61 Å². The van der Waals surface area contributed by atoms with Gasteiger partial charge in [0.15, 0.2) is 0 Å².